The fraction of sp³-hybridized carbons (Fsp3) is 0.476. The summed E-state index contributed by atoms with van der Waals surface area (Å²) in [6.07, 6.45) is 5.63. The number of anilines is 1. The second-order valence-corrected chi connectivity index (χ2v) is 8.15. The van der Waals surface area contributed by atoms with Crippen LogP contribution in [0.1, 0.15) is 18.4 Å². The lowest BCUT2D eigenvalue weighted by Gasteiger charge is -2.37. The maximum Gasteiger partial charge on any atom is 0.233 e. The van der Waals surface area contributed by atoms with E-state index in [1.807, 2.05) is 31.2 Å². The molecule has 5 nitrogen and oxygen atoms in total. The van der Waals surface area contributed by atoms with Gasteiger partial charge in [-0.05, 0) is 49.1 Å². The number of carbonyl (C=O) groups is 3. The van der Waals surface area contributed by atoms with Crippen LogP contribution in [0.15, 0.2) is 36.4 Å². The van der Waals surface area contributed by atoms with Crippen LogP contribution >= 0.6 is 0 Å². The Balaban J connectivity index is 1.24. The molecule has 3 fully saturated rings. The molecule has 1 aromatic carbocycles. The van der Waals surface area contributed by atoms with Crippen LogP contribution in [-0.4, -0.2) is 29.2 Å². The van der Waals surface area contributed by atoms with Gasteiger partial charge in [-0.3, -0.25) is 19.3 Å². The van der Waals surface area contributed by atoms with Crippen LogP contribution in [0.4, 0.5) is 5.69 Å². The fourth-order valence-corrected chi connectivity index (χ4v) is 5.31. The van der Waals surface area contributed by atoms with Crippen molar-refractivity contribution >= 4 is 23.4 Å². The summed E-state index contributed by atoms with van der Waals surface area (Å²) in [7, 11) is 0. The molecule has 134 valence electrons. The summed E-state index contributed by atoms with van der Waals surface area (Å²) >= 11 is 0. The number of nitrogens with zero attached hydrogens (tertiary/aromatic N) is 1. The van der Waals surface area contributed by atoms with Crippen LogP contribution in [0.25, 0.3) is 0 Å². The molecule has 3 amide bonds. The molecule has 4 aliphatic carbocycles. The minimum atomic E-state index is -0.179. The first-order chi connectivity index (χ1) is 12.5. The molecule has 1 aliphatic heterocycles. The maximum absolute atomic E-state index is 12.9. The van der Waals surface area contributed by atoms with Gasteiger partial charge in [-0.15, -0.1) is 0 Å². The Bertz CT molecular complexity index is 792. The molecule has 2 saturated carbocycles. The molecule has 1 saturated heterocycles. The van der Waals surface area contributed by atoms with E-state index in [2.05, 4.69) is 17.5 Å². The molecule has 0 spiro atoms. The molecule has 1 N–H and O–H groups in total. The Morgan fingerprint density at radius 1 is 1.04 bits per heavy atom. The van der Waals surface area contributed by atoms with E-state index in [1.54, 1.807) is 0 Å². The predicted molar refractivity (Wildman–Crippen MR) is 95.8 cm³/mol. The van der Waals surface area contributed by atoms with Crippen molar-refractivity contribution in [3.63, 3.8) is 0 Å². The molecule has 0 radical (unpaired) electrons. The predicted octanol–water partition coefficient (Wildman–Crippen LogP) is 2.38. The Hall–Kier alpha value is -2.43. The van der Waals surface area contributed by atoms with Crippen LogP contribution in [0.5, 0.6) is 0 Å². The van der Waals surface area contributed by atoms with Crippen molar-refractivity contribution in [3.05, 3.63) is 42.0 Å². The first-order valence-corrected chi connectivity index (χ1v) is 9.44. The summed E-state index contributed by atoms with van der Waals surface area (Å²) in [5.41, 5.74) is 1.86. The Kier molecular flexibility index (Phi) is 3.36. The molecule has 1 aromatic rings. The number of rotatable bonds is 4. The van der Waals surface area contributed by atoms with E-state index < -0.39 is 0 Å². The SMILES string of the molecule is Cc1ccc(NC(=O)CCN2C(=O)[C@@H]3[C@H]4C=C[C@@H]([C@@H]5C[C@H]45)[C@H]3C2=O)cc1. The van der Waals surface area contributed by atoms with Crippen LogP contribution in [-0.2, 0) is 14.4 Å². The molecule has 0 unspecified atom stereocenters. The minimum Gasteiger partial charge on any atom is -0.326 e. The normalized spacial score (nSPS) is 36.1. The van der Waals surface area contributed by atoms with E-state index in [1.165, 1.54) is 4.90 Å². The number of amides is 3. The zero-order chi connectivity index (χ0) is 18.0. The number of carbonyl (C=O) groups excluding carboxylic acids is 3. The smallest absolute Gasteiger partial charge is 0.233 e. The maximum atomic E-state index is 12.9. The molecule has 26 heavy (non-hydrogen) atoms. The molecular weight excluding hydrogens is 328 g/mol. The second-order valence-electron chi connectivity index (χ2n) is 8.15. The summed E-state index contributed by atoms with van der Waals surface area (Å²) in [5, 5.41) is 2.83. The first kappa shape index (κ1) is 15.8. The summed E-state index contributed by atoms with van der Waals surface area (Å²) in [6.45, 7) is 2.17. The second kappa shape index (κ2) is 5.53. The molecule has 2 bridgehead atoms. The minimum absolute atomic E-state index is 0.0622. The van der Waals surface area contributed by atoms with Crippen molar-refractivity contribution in [3.8, 4) is 0 Å². The van der Waals surface area contributed by atoms with Crippen LogP contribution in [0, 0.1) is 42.4 Å². The number of likely N-dealkylation sites (tertiary alicyclic amines) is 1. The van der Waals surface area contributed by atoms with Gasteiger partial charge < -0.3 is 5.32 Å². The zero-order valence-electron chi connectivity index (χ0n) is 14.7. The number of benzene rings is 1. The van der Waals surface area contributed by atoms with E-state index in [0.717, 1.165) is 17.7 Å². The third-order valence-electron chi connectivity index (χ3n) is 6.65. The van der Waals surface area contributed by atoms with Gasteiger partial charge in [0.15, 0.2) is 0 Å². The number of imide groups is 1. The molecular formula is C21H22N2O3. The Morgan fingerprint density at radius 2 is 1.62 bits per heavy atom. The van der Waals surface area contributed by atoms with Gasteiger partial charge in [0.2, 0.25) is 17.7 Å². The summed E-state index contributed by atoms with van der Waals surface area (Å²) < 4.78 is 0. The standard InChI is InChI=1S/C21H22N2O3/c1-11-2-4-12(5-3-11)22-17(24)8-9-23-20(25)18-13-6-7-14(16-10-15(13)16)19(18)21(23)26/h2-7,13-16,18-19H,8-10H2,1H3,(H,22,24)/t13-,14-,15-,16+,18+,19+/m0/s1. The van der Waals surface area contributed by atoms with Crippen molar-refractivity contribution in [2.24, 2.45) is 35.5 Å². The van der Waals surface area contributed by atoms with Gasteiger partial charge in [0.05, 0.1) is 11.8 Å². The summed E-state index contributed by atoms with van der Waals surface area (Å²) in [4.78, 5) is 39.3. The molecule has 5 aliphatic rings. The van der Waals surface area contributed by atoms with Crippen molar-refractivity contribution in [2.45, 2.75) is 19.8 Å². The summed E-state index contributed by atoms with van der Waals surface area (Å²) in [6, 6.07) is 7.57. The van der Waals surface area contributed by atoms with E-state index in [4.69, 9.17) is 0 Å². The van der Waals surface area contributed by atoms with Gasteiger partial charge in [0.1, 0.15) is 0 Å². The van der Waals surface area contributed by atoms with E-state index in [0.29, 0.717) is 11.8 Å². The topological polar surface area (TPSA) is 66.5 Å². The van der Waals surface area contributed by atoms with Crippen LogP contribution in [0.3, 0.4) is 0 Å². The van der Waals surface area contributed by atoms with Gasteiger partial charge in [0.25, 0.3) is 0 Å². The van der Waals surface area contributed by atoms with Gasteiger partial charge in [-0.2, -0.15) is 0 Å². The van der Waals surface area contributed by atoms with Crippen LogP contribution in [0.2, 0.25) is 0 Å². The van der Waals surface area contributed by atoms with E-state index in [9.17, 15) is 14.4 Å². The average molecular weight is 350 g/mol. The zero-order valence-corrected chi connectivity index (χ0v) is 14.7. The van der Waals surface area contributed by atoms with Gasteiger partial charge in [-0.1, -0.05) is 29.8 Å². The average Bonchev–Trinajstić information content (AvgIpc) is 3.41. The van der Waals surface area contributed by atoms with Crippen LogP contribution < -0.4 is 5.32 Å². The molecule has 6 rings (SSSR count). The van der Waals surface area contributed by atoms with Crippen molar-refractivity contribution in [2.75, 3.05) is 11.9 Å². The van der Waals surface area contributed by atoms with Crippen molar-refractivity contribution in [1.29, 1.82) is 0 Å². The van der Waals surface area contributed by atoms with E-state index >= 15 is 0 Å². The number of allylic oxidation sites excluding steroid dienone is 2. The highest BCUT2D eigenvalue weighted by molar-refractivity contribution is 6.06. The van der Waals surface area contributed by atoms with Crippen molar-refractivity contribution in [1.82, 2.24) is 4.90 Å². The highest BCUT2D eigenvalue weighted by Crippen LogP contribution is 2.65. The fourth-order valence-electron chi connectivity index (χ4n) is 5.31. The first-order valence-electron chi connectivity index (χ1n) is 9.44. The number of aryl methyl sites for hydroxylation is 1. The molecule has 5 heteroatoms. The lowest BCUT2D eigenvalue weighted by molar-refractivity contribution is -0.140. The third-order valence-corrected chi connectivity index (χ3v) is 6.65. The summed E-state index contributed by atoms with van der Waals surface area (Å²) in [5.74, 6) is 1.02. The van der Waals surface area contributed by atoms with Gasteiger partial charge in [0, 0.05) is 18.7 Å². The molecule has 1 heterocycles. The number of nitrogens with one attached hydrogen (secondary N) is 1. The van der Waals surface area contributed by atoms with Gasteiger partial charge in [-0.25, -0.2) is 0 Å². The Morgan fingerprint density at radius 3 is 2.19 bits per heavy atom. The largest absolute Gasteiger partial charge is 0.326 e. The Labute approximate surface area is 152 Å². The molecule has 0 aromatic heterocycles. The lowest BCUT2D eigenvalue weighted by Crippen LogP contribution is -2.40. The van der Waals surface area contributed by atoms with Crippen molar-refractivity contribution < 1.29 is 14.4 Å². The highest BCUT2D eigenvalue weighted by Gasteiger charge is 2.66. The number of hydrogen-bond donors (Lipinski definition) is 1. The van der Waals surface area contributed by atoms with Gasteiger partial charge >= 0.3 is 0 Å². The quantitative estimate of drug-likeness (QED) is 0.670. The highest BCUT2D eigenvalue weighted by atomic mass is 16.2. The van der Waals surface area contributed by atoms with E-state index in [-0.39, 0.29) is 54.4 Å². The third kappa shape index (κ3) is 2.26. The number of hydrogen-bond acceptors (Lipinski definition) is 3. The monoisotopic (exact) mass is 350 g/mol. The lowest BCUT2D eigenvalue weighted by atomic mass is 9.63. The molecule has 6 atom stereocenters.